The van der Waals surface area contributed by atoms with Gasteiger partial charge in [-0.15, -0.1) is 0 Å². The number of urea groups is 1. The van der Waals surface area contributed by atoms with Crippen molar-refractivity contribution in [2.24, 2.45) is 0 Å². The van der Waals surface area contributed by atoms with E-state index in [4.69, 9.17) is 23.2 Å². The van der Waals surface area contributed by atoms with Crippen LogP contribution in [0.5, 0.6) is 5.75 Å². The number of benzene rings is 2. The van der Waals surface area contributed by atoms with E-state index < -0.39 is 0 Å². The van der Waals surface area contributed by atoms with E-state index in [1.165, 1.54) is 0 Å². The molecule has 21 heavy (non-hydrogen) atoms. The number of aromatic hydroxyl groups is 1. The van der Waals surface area contributed by atoms with Crippen LogP contribution in [0.15, 0.2) is 42.5 Å². The van der Waals surface area contributed by atoms with Gasteiger partial charge in [-0.25, -0.2) is 4.79 Å². The maximum atomic E-state index is 11.8. The number of anilines is 1. The molecule has 0 saturated carbocycles. The molecule has 2 amide bonds. The van der Waals surface area contributed by atoms with Crippen LogP contribution in [0.1, 0.15) is 5.56 Å². The Morgan fingerprint density at radius 3 is 2.52 bits per heavy atom. The van der Waals surface area contributed by atoms with E-state index in [-0.39, 0.29) is 11.8 Å². The Labute approximate surface area is 132 Å². The van der Waals surface area contributed by atoms with Crippen LogP contribution in [0.3, 0.4) is 0 Å². The fourth-order valence-corrected chi connectivity index (χ4v) is 2.08. The molecular formula is C15H14Cl2N2O2. The smallest absolute Gasteiger partial charge is 0.319 e. The van der Waals surface area contributed by atoms with Gasteiger partial charge in [0.25, 0.3) is 0 Å². The van der Waals surface area contributed by atoms with Crippen LogP contribution >= 0.6 is 23.2 Å². The number of hydrogen-bond acceptors (Lipinski definition) is 2. The molecule has 2 aromatic rings. The van der Waals surface area contributed by atoms with E-state index in [0.717, 1.165) is 5.56 Å². The fraction of sp³-hybridized carbons (Fsp3) is 0.133. The SMILES string of the molecule is O=C(NCCc1ccc(O)cc1)Nc1cc(Cl)ccc1Cl. The molecule has 4 nitrogen and oxygen atoms in total. The normalized spacial score (nSPS) is 10.2. The van der Waals surface area contributed by atoms with Crippen LogP contribution in [0, 0.1) is 0 Å². The lowest BCUT2D eigenvalue weighted by atomic mass is 10.1. The molecule has 6 heteroatoms. The van der Waals surface area contributed by atoms with Crippen LogP contribution in [-0.2, 0) is 6.42 Å². The molecule has 0 unspecified atom stereocenters. The van der Waals surface area contributed by atoms with Crippen molar-refractivity contribution >= 4 is 34.9 Å². The zero-order valence-corrected chi connectivity index (χ0v) is 12.6. The molecule has 0 aliphatic heterocycles. The number of phenols is 1. The van der Waals surface area contributed by atoms with Gasteiger partial charge < -0.3 is 15.7 Å². The molecule has 0 radical (unpaired) electrons. The average Bonchev–Trinajstić information content (AvgIpc) is 2.45. The molecule has 0 heterocycles. The highest BCUT2D eigenvalue weighted by Crippen LogP contribution is 2.25. The summed E-state index contributed by atoms with van der Waals surface area (Å²) < 4.78 is 0. The van der Waals surface area contributed by atoms with E-state index in [0.29, 0.717) is 28.7 Å². The molecule has 0 aliphatic carbocycles. The Kier molecular flexibility index (Phi) is 5.31. The number of rotatable bonds is 4. The predicted molar refractivity (Wildman–Crippen MR) is 85.3 cm³/mol. The zero-order valence-electron chi connectivity index (χ0n) is 11.1. The van der Waals surface area contributed by atoms with Crippen molar-refractivity contribution in [3.05, 3.63) is 58.1 Å². The van der Waals surface area contributed by atoms with Crippen molar-refractivity contribution in [2.45, 2.75) is 6.42 Å². The van der Waals surface area contributed by atoms with Gasteiger partial charge in [0.15, 0.2) is 0 Å². The topological polar surface area (TPSA) is 61.4 Å². The Morgan fingerprint density at radius 1 is 1.10 bits per heavy atom. The largest absolute Gasteiger partial charge is 0.508 e. The summed E-state index contributed by atoms with van der Waals surface area (Å²) in [4.78, 5) is 11.8. The summed E-state index contributed by atoms with van der Waals surface area (Å²) in [6.45, 7) is 0.467. The second kappa shape index (κ2) is 7.20. The average molecular weight is 325 g/mol. The van der Waals surface area contributed by atoms with Crippen molar-refractivity contribution in [1.29, 1.82) is 0 Å². The molecule has 0 bridgehead atoms. The number of amides is 2. The number of halogens is 2. The number of carbonyl (C=O) groups excluding carboxylic acids is 1. The van der Waals surface area contributed by atoms with Gasteiger partial charge in [0, 0.05) is 11.6 Å². The van der Waals surface area contributed by atoms with Gasteiger partial charge in [-0.1, -0.05) is 35.3 Å². The summed E-state index contributed by atoms with van der Waals surface area (Å²) in [5, 5.41) is 15.5. The molecule has 0 spiro atoms. The standard InChI is InChI=1S/C15H14Cl2N2O2/c16-11-3-6-13(17)14(9-11)19-15(21)18-8-7-10-1-4-12(20)5-2-10/h1-6,9,20H,7-8H2,(H2,18,19,21). The molecule has 0 atom stereocenters. The predicted octanol–water partition coefficient (Wildman–Crippen LogP) is 4.06. The minimum atomic E-state index is -0.349. The maximum absolute atomic E-state index is 11.8. The molecule has 0 aromatic heterocycles. The summed E-state index contributed by atoms with van der Waals surface area (Å²) >= 11 is 11.8. The number of hydrogen-bond donors (Lipinski definition) is 3. The van der Waals surface area contributed by atoms with E-state index >= 15 is 0 Å². The minimum Gasteiger partial charge on any atom is -0.508 e. The quantitative estimate of drug-likeness (QED) is 0.794. The molecule has 2 rings (SSSR count). The molecule has 2 aromatic carbocycles. The first-order valence-electron chi connectivity index (χ1n) is 6.32. The van der Waals surface area contributed by atoms with Crippen molar-refractivity contribution in [3.8, 4) is 5.75 Å². The van der Waals surface area contributed by atoms with Gasteiger partial charge in [0.05, 0.1) is 10.7 Å². The Bertz CT molecular complexity index is 630. The summed E-state index contributed by atoms with van der Waals surface area (Å²) in [7, 11) is 0. The van der Waals surface area contributed by atoms with Crippen LogP contribution in [0.4, 0.5) is 10.5 Å². The van der Waals surface area contributed by atoms with Crippen LogP contribution < -0.4 is 10.6 Å². The second-order valence-electron chi connectivity index (χ2n) is 4.42. The molecule has 3 N–H and O–H groups in total. The zero-order chi connectivity index (χ0) is 15.2. The minimum absolute atomic E-state index is 0.222. The third kappa shape index (κ3) is 4.85. The number of phenolic OH excluding ortho intramolecular Hbond substituents is 1. The first-order valence-corrected chi connectivity index (χ1v) is 7.08. The van der Waals surface area contributed by atoms with Gasteiger partial charge >= 0.3 is 6.03 Å². The van der Waals surface area contributed by atoms with E-state index in [1.54, 1.807) is 30.3 Å². The van der Waals surface area contributed by atoms with Crippen LogP contribution in [0.2, 0.25) is 10.0 Å². The van der Waals surface area contributed by atoms with Crippen LogP contribution in [-0.4, -0.2) is 17.7 Å². The van der Waals surface area contributed by atoms with E-state index in [1.807, 2.05) is 12.1 Å². The fourth-order valence-electron chi connectivity index (χ4n) is 1.74. The molecule has 0 fully saturated rings. The van der Waals surface area contributed by atoms with Gasteiger partial charge in [-0.05, 0) is 42.3 Å². The maximum Gasteiger partial charge on any atom is 0.319 e. The Balaban J connectivity index is 1.82. The summed E-state index contributed by atoms with van der Waals surface area (Å²) in [5.74, 6) is 0.222. The molecule has 110 valence electrons. The van der Waals surface area contributed by atoms with E-state index in [2.05, 4.69) is 10.6 Å². The Hall–Kier alpha value is -1.91. The lowest BCUT2D eigenvalue weighted by Gasteiger charge is -2.09. The number of nitrogens with one attached hydrogen (secondary N) is 2. The summed E-state index contributed by atoms with van der Waals surface area (Å²) in [5.41, 5.74) is 1.49. The second-order valence-corrected chi connectivity index (χ2v) is 5.27. The summed E-state index contributed by atoms with van der Waals surface area (Å²) in [6.07, 6.45) is 0.664. The first-order chi connectivity index (χ1) is 10.0. The van der Waals surface area contributed by atoms with E-state index in [9.17, 15) is 9.90 Å². The third-order valence-electron chi connectivity index (χ3n) is 2.81. The summed E-state index contributed by atoms with van der Waals surface area (Å²) in [6, 6.07) is 11.4. The van der Waals surface area contributed by atoms with Gasteiger partial charge in [-0.3, -0.25) is 0 Å². The third-order valence-corrected chi connectivity index (χ3v) is 3.38. The Morgan fingerprint density at radius 2 is 1.81 bits per heavy atom. The highest BCUT2D eigenvalue weighted by molar-refractivity contribution is 6.35. The van der Waals surface area contributed by atoms with Crippen molar-refractivity contribution in [1.82, 2.24) is 5.32 Å². The van der Waals surface area contributed by atoms with Gasteiger partial charge in [0.2, 0.25) is 0 Å². The lowest BCUT2D eigenvalue weighted by Crippen LogP contribution is -2.30. The molecule has 0 saturated heterocycles. The van der Waals surface area contributed by atoms with Crippen molar-refractivity contribution < 1.29 is 9.90 Å². The van der Waals surface area contributed by atoms with Crippen LogP contribution in [0.25, 0.3) is 0 Å². The highest BCUT2D eigenvalue weighted by Gasteiger charge is 2.06. The van der Waals surface area contributed by atoms with Gasteiger partial charge in [-0.2, -0.15) is 0 Å². The lowest BCUT2D eigenvalue weighted by molar-refractivity contribution is 0.252. The van der Waals surface area contributed by atoms with Crippen molar-refractivity contribution in [2.75, 3.05) is 11.9 Å². The monoisotopic (exact) mass is 324 g/mol. The first kappa shape index (κ1) is 15.5. The van der Waals surface area contributed by atoms with Gasteiger partial charge in [0.1, 0.15) is 5.75 Å². The highest BCUT2D eigenvalue weighted by atomic mass is 35.5. The number of carbonyl (C=O) groups is 1. The molecule has 0 aliphatic rings. The van der Waals surface area contributed by atoms with Crippen molar-refractivity contribution in [3.63, 3.8) is 0 Å². The molecular weight excluding hydrogens is 311 g/mol.